The predicted octanol–water partition coefficient (Wildman–Crippen LogP) is 22.1. The maximum absolute atomic E-state index is 12.9. The average molecular weight is 1050 g/mol. The molecule has 0 aliphatic heterocycles. The van der Waals surface area contributed by atoms with E-state index in [-0.39, 0.29) is 31.1 Å². The Kier molecular flexibility index (Phi) is 60.7. The van der Waals surface area contributed by atoms with Crippen LogP contribution in [0.25, 0.3) is 0 Å². The number of esters is 3. The van der Waals surface area contributed by atoms with Gasteiger partial charge in [0.05, 0.1) is 0 Å². The Labute approximate surface area is 465 Å². The SMILES string of the molecule is CCCCC/C=C\C/C=C\CCCCCCCC(=O)OCC(COC(=O)CCCCCCCCCCCCCCCCC/C=C\C/C=C\CCCCCCC)OC(=O)CCCCCCC/C=C\C/C=C\CCCCC. The zero-order valence-electron chi connectivity index (χ0n) is 49.8. The summed E-state index contributed by atoms with van der Waals surface area (Å²) in [4.78, 5) is 38.3. The Morgan fingerprint density at radius 2 is 0.480 bits per heavy atom. The van der Waals surface area contributed by atoms with Gasteiger partial charge < -0.3 is 14.2 Å². The van der Waals surface area contributed by atoms with Crippen LogP contribution < -0.4 is 0 Å². The second kappa shape index (κ2) is 63.4. The normalized spacial score (nSPS) is 12.5. The van der Waals surface area contributed by atoms with E-state index in [2.05, 4.69) is 93.7 Å². The molecule has 434 valence electrons. The number of hydrogen-bond donors (Lipinski definition) is 0. The molecule has 0 aromatic carbocycles. The van der Waals surface area contributed by atoms with Crippen molar-refractivity contribution in [2.45, 2.75) is 335 Å². The Morgan fingerprint density at radius 3 is 0.760 bits per heavy atom. The fourth-order valence-electron chi connectivity index (χ4n) is 9.24. The number of unbranched alkanes of at least 4 members (excludes halogenated alkanes) is 36. The van der Waals surface area contributed by atoms with Gasteiger partial charge in [0.25, 0.3) is 0 Å². The van der Waals surface area contributed by atoms with Crippen LogP contribution in [0.15, 0.2) is 72.9 Å². The van der Waals surface area contributed by atoms with Crippen LogP contribution in [-0.4, -0.2) is 37.2 Å². The van der Waals surface area contributed by atoms with E-state index in [0.717, 1.165) is 109 Å². The standard InChI is InChI=1S/C69H122O6/c1-4-7-10-13-16-19-22-25-28-29-30-31-32-33-34-35-36-37-38-39-42-44-47-50-53-56-59-62-68(71)74-65-66(75-69(72)63-60-57-54-51-48-45-41-27-24-21-18-15-12-9-6-3)64-73-67(70)61-58-55-52-49-46-43-40-26-23-20-17-14-11-8-5-2/h17-18,20-22,25-27,29-30,40-41,66H,4-16,19,23-24,28,31-39,42-65H2,1-3H3/b20-17-,21-18-,25-22-,30-29-,40-26-,41-27-. The molecular weight excluding hydrogens is 925 g/mol. The molecule has 0 aliphatic carbocycles. The summed E-state index contributed by atoms with van der Waals surface area (Å²) in [5.74, 6) is -0.899. The Hall–Kier alpha value is -3.15. The molecule has 0 fully saturated rings. The van der Waals surface area contributed by atoms with Crippen molar-refractivity contribution < 1.29 is 28.6 Å². The Morgan fingerprint density at radius 1 is 0.267 bits per heavy atom. The third-order valence-electron chi connectivity index (χ3n) is 14.2. The summed E-state index contributed by atoms with van der Waals surface area (Å²) >= 11 is 0. The molecule has 0 aliphatic rings. The average Bonchev–Trinajstić information content (AvgIpc) is 3.41. The first kappa shape index (κ1) is 71.8. The van der Waals surface area contributed by atoms with Gasteiger partial charge >= 0.3 is 17.9 Å². The highest BCUT2D eigenvalue weighted by Gasteiger charge is 2.19. The quantitative estimate of drug-likeness (QED) is 0.0261. The number of rotatable bonds is 59. The van der Waals surface area contributed by atoms with Crippen molar-refractivity contribution in [2.75, 3.05) is 13.2 Å². The minimum absolute atomic E-state index is 0.0840. The van der Waals surface area contributed by atoms with Crippen molar-refractivity contribution in [1.29, 1.82) is 0 Å². The first-order valence-corrected chi connectivity index (χ1v) is 32.4. The van der Waals surface area contributed by atoms with E-state index in [0.29, 0.717) is 19.3 Å². The monoisotopic (exact) mass is 1050 g/mol. The maximum Gasteiger partial charge on any atom is 0.306 e. The van der Waals surface area contributed by atoms with Crippen molar-refractivity contribution >= 4 is 17.9 Å². The third-order valence-corrected chi connectivity index (χ3v) is 14.2. The van der Waals surface area contributed by atoms with Gasteiger partial charge in [0.15, 0.2) is 6.10 Å². The lowest BCUT2D eigenvalue weighted by atomic mass is 10.0. The molecule has 6 nitrogen and oxygen atoms in total. The summed E-state index contributed by atoms with van der Waals surface area (Å²) in [6.07, 6.45) is 82.0. The molecule has 75 heavy (non-hydrogen) atoms. The van der Waals surface area contributed by atoms with Crippen molar-refractivity contribution in [3.8, 4) is 0 Å². The van der Waals surface area contributed by atoms with Crippen molar-refractivity contribution in [1.82, 2.24) is 0 Å². The van der Waals surface area contributed by atoms with Gasteiger partial charge in [-0.1, -0.05) is 267 Å². The van der Waals surface area contributed by atoms with Crippen LogP contribution in [0.2, 0.25) is 0 Å². The molecule has 0 saturated carbocycles. The van der Waals surface area contributed by atoms with Gasteiger partial charge in [-0.05, 0) is 116 Å². The van der Waals surface area contributed by atoms with E-state index in [1.165, 1.54) is 180 Å². The number of carbonyl (C=O) groups excluding carboxylic acids is 3. The van der Waals surface area contributed by atoms with Crippen LogP contribution in [-0.2, 0) is 28.6 Å². The van der Waals surface area contributed by atoms with Crippen molar-refractivity contribution in [2.24, 2.45) is 0 Å². The topological polar surface area (TPSA) is 78.9 Å². The lowest BCUT2D eigenvalue weighted by Crippen LogP contribution is -2.30. The lowest BCUT2D eigenvalue weighted by molar-refractivity contribution is -0.167. The zero-order valence-corrected chi connectivity index (χ0v) is 49.8. The molecule has 0 rings (SSSR count). The first-order chi connectivity index (χ1) is 37.0. The fourth-order valence-corrected chi connectivity index (χ4v) is 9.24. The highest BCUT2D eigenvalue weighted by Crippen LogP contribution is 2.16. The van der Waals surface area contributed by atoms with E-state index in [1.807, 2.05) is 0 Å². The maximum atomic E-state index is 12.9. The molecular formula is C69H122O6. The molecule has 6 heteroatoms. The van der Waals surface area contributed by atoms with Crippen molar-refractivity contribution in [3.63, 3.8) is 0 Å². The highest BCUT2D eigenvalue weighted by atomic mass is 16.6. The van der Waals surface area contributed by atoms with Gasteiger partial charge in [0, 0.05) is 19.3 Å². The molecule has 0 radical (unpaired) electrons. The molecule has 0 aromatic rings. The molecule has 0 saturated heterocycles. The molecule has 0 heterocycles. The number of carbonyl (C=O) groups is 3. The van der Waals surface area contributed by atoms with Crippen molar-refractivity contribution in [3.05, 3.63) is 72.9 Å². The molecule has 0 aromatic heterocycles. The highest BCUT2D eigenvalue weighted by molar-refractivity contribution is 5.71. The zero-order chi connectivity index (χ0) is 54.3. The molecule has 0 amide bonds. The second-order valence-electron chi connectivity index (χ2n) is 21.7. The fraction of sp³-hybridized carbons (Fsp3) is 0.783. The Balaban J connectivity index is 4.27. The van der Waals surface area contributed by atoms with Crippen LogP contribution in [0, 0.1) is 0 Å². The molecule has 0 bridgehead atoms. The van der Waals surface area contributed by atoms with Crippen LogP contribution in [0.4, 0.5) is 0 Å². The van der Waals surface area contributed by atoms with E-state index in [1.54, 1.807) is 0 Å². The minimum Gasteiger partial charge on any atom is -0.462 e. The van der Waals surface area contributed by atoms with Gasteiger partial charge in [0.2, 0.25) is 0 Å². The largest absolute Gasteiger partial charge is 0.462 e. The molecule has 0 spiro atoms. The van der Waals surface area contributed by atoms with Gasteiger partial charge in [-0.25, -0.2) is 0 Å². The predicted molar refractivity (Wildman–Crippen MR) is 325 cm³/mol. The number of allylic oxidation sites excluding steroid dienone is 12. The second-order valence-corrected chi connectivity index (χ2v) is 21.7. The van der Waals surface area contributed by atoms with Gasteiger partial charge in [0.1, 0.15) is 13.2 Å². The summed E-state index contributed by atoms with van der Waals surface area (Å²) in [6, 6.07) is 0. The first-order valence-electron chi connectivity index (χ1n) is 32.4. The van der Waals surface area contributed by atoms with Crippen LogP contribution in [0.1, 0.15) is 329 Å². The van der Waals surface area contributed by atoms with Gasteiger partial charge in [-0.2, -0.15) is 0 Å². The van der Waals surface area contributed by atoms with Crippen LogP contribution >= 0.6 is 0 Å². The van der Waals surface area contributed by atoms with Gasteiger partial charge in [-0.15, -0.1) is 0 Å². The molecule has 1 unspecified atom stereocenters. The summed E-state index contributed by atoms with van der Waals surface area (Å²) < 4.78 is 16.9. The Bertz CT molecular complexity index is 1390. The van der Waals surface area contributed by atoms with Gasteiger partial charge in [-0.3, -0.25) is 14.4 Å². The van der Waals surface area contributed by atoms with E-state index in [9.17, 15) is 14.4 Å². The van der Waals surface area contributed by atoms with E-state index >= 15 is 0 Å². The summed E-state index contributed by atoms with van der Waals surface area (Å²) in [5, 5.41) is 0. The third kappa shape index (κ3) is 61.6. The molecule has 0 N–H and O–H groups in total. The van der Waals surface area contributed by atoms with Crippen LogP contribution in [0.5, 0.6) is 0 Å². The van der Waals surface area contributed by atoms with E-state index in [4.69, 9.17) is 14.2 Å². The minimum atomic E-state index is -0.789. The summed E-state index contributed by atoms with van der Waals surface area (Å²) in [6.45, 7) is 6.59. The summed E-state index contributed by atoms with van der Waals surface area (Å²) in [7, 11) is 0. The lowest BCUT2D eigenvalue weighted by Gasteiger charge is -2.18. The molecule has 1 atom stereocenters. The summed E-state index contributed by atoms with van der Waals surface area (Å²) in [5.41, 5.74) is 0. The van der Waals surface area contributed by atoms with Crippen LogP contribution in [0.3, 0.4) is 0 Å². The smallest absolute Gasteiger partial charge is 0.306 e. The number of ether oxygens (including phenoxy) is 3. The van der Waals surface area contributed by atoms with E-state index < -0.39 is 6.10 Å². The number of hydrogen-bond acceptors (Lipinski definition) is 6.